The van der Waals surface area contributed by atoms with Crippen molar-refractivity contribution in [3.05, 3.63) is 29.3 Å². The molecule has 1 aliphatic rings. The maximum absolute atomic E-state index is 12.5. The molecule has 1 saturated heterocycles. The number of amides is 1. The van der Waals surface area contributed by atoms with Gasteiger partial charge in [0.05, 0.1) is 13.0 Å². The van der Waals surface area contributed by atoms with Crippen LogP contribution in [0.3, 0.4) is 0 Å². The number of carbonyl (C=O) groups is 1. The Morgan fingerprint density at radius 3 is 2.78 bits per heavy atom. The lowest BCUT2D eigenvalue weighted by Gasteiger charge is -2.28. The van der Waals surface area contributed by atoms with Crippen LogP contribution in [0.25, 0.3) is 0 Å². The van der Waals surface area contributed by atoms with Crippen LogP contribution in [0.1, 0.15) is 37.3 Å². The van der Waals surface area contributed by atoms with Gasteiger partial charge in [0.15, 0.2) is 0 Å². The van der Waals surface area contributed by atoms with Crippen LogP contribution in [0.4, 0.5) is 0 Å². The molecule has 0 aliphatic carbocycles. The first-order chi connectivity index (χ1) is 10.6. The van der Waals surface area contributed by atoms with E-state index in [0.29, 0.717) is 19.1 Å². The second-order valence-electron chi connectivity index (χ2n) is 6.10. The standard InChI is InChI=1S/C18H28N2O2.ClH/c1-4-10-20(16-7-9-19-13-16)18(21)8-11-22-17-6-5-14(2)12-15(17)3;/h5-6,12,16,19H,4,7-11,13H2,1-3H3;1H. The molecule has 2 rings (SSSR count). The predicted octanol–water partition coefficient (Wildman–Crippen LogP) is 3.09. The third-order valence-corrected chi connectivity index (χ3v) is 4.16. The Hall–Kier alpha value is -1.26. The van der Waals surface area contributed by atoms with Gasteiger partial charge in [-0.25, -0.2) is 0 Å². The van der Waals surface area contributed by atoms with Crippen LogP contribution in [0, 0.1) is 13.8 Å². The fourth-order valence-electron chi connectivity index (χ4n) is 3.01. The Morgan fingerprint density at radius 1 is 1.39 bits per heavy atom. The highest BCUT2D eigenvalue weighted by Crippen LogP contribution is 2.19. The summed E-state index contributed by atoms with van der Waals surface area (Å²) in [6.07, 6.45) is 2.51. The summed E-state index contributed by atoms with van der Waals surface area (Å²) >= 11 is 0. The largest absolute Gasteiger partial charge is 0.493 e. The molecule has 4 nitrogen and oxygen atoms in total. The van der Waals surface area contributed by atoms with Crippen LogP contribution < -0.4 is 10.1 Å². The zero-order valence-corrected chi connectivity index (χ0v) is 15.2. The predicted molar refractivity (Wildman–Crippen MR) is 96.6 cm³/mol. The molecule has 0 radical (unpaired) electrons. The van der Waals surface area contributed by atoms with Gasteiger partial charge in [0.1, 0.15) is 5.75 Å². The second-order valence-corrected chi connectivity index (χ2v) is 6.10. The monoisotopic (exact) mass is 340 g/mol. The van der Waals surface area contributed by atoms with Gasteiger partial charge in [-0.3, -0.25) is 4.79 Å². The van der Waals surface area contributed by atoms with Crippen molar-refractivity contribution in [1.82, 2.24) is 10.2 Å². The number of benzene rings is 1. The number of nitrogens with zero attached hydrogens (tertiary/aromatic N) is 1. The van der Waals surface area contributed by atoms with Crippen molar-refractivity contribution in [1.29, 1.82) is 0 Å². The maximum atomic E-state index is 12.5. The van der Waals surface area contributed by atoms with E-state index in [1.807, 2.05) is 24.0 Å². The molecule has 1 unspecified atom stereocenters. The molecule has 0 aromatic heterocycles. The maximum Gasteiger partial charge on any atom is 0.226 e. The second kappa shape index (κ2) is 9.78. The van der Waals surface area contributed by atoms with Gasteiger partial charge in [-0.2, -0.15) is 0 Å². The molecule has 1 aromatic carbocycles. The molecule has 1 N–H and O–H groups in total. The van der Waals surface area contributed by atoms with Crippen LogP contribution in [-0.4, -0.2) is 43.1 Å². The van der Waals surface area contributed by atoms with Gasteiger partial charge in [-0.05, 0) is 44.9 Å². The lowest BCUT2D eigenvalue weighted by atomic mass is 10.1. The molecule has 1 heterocycles. The first kappa shape index (κ1) is 19.8. The summed E-state index contributed by atoms with van der Waals surface area (Å²) in [4.78, 5) is 14.5. The lowest BCUT2D eigenvalue weighted by Crippen LogP contribution is -2.42. The van der Waals surface area contributed by atoms with Gasteiger partial charge in [0, 0.05) is 19.1 Å². The highest BCUT2D eigenvalue weighted by atomic mass is 35.5. The van der Waals surface area contributed by atoms with Crippen molar-refractivity contribution in [2.75, 3.05) is 26.2 Å². The summed E-state index contributed by atoms with van der Waals surface area (Å²) in [5, 5.41) is 3.34. The lowest BCUT2D eigenvalue weighted by molar-refractivity contribution is -0.133. The molecular formula is C18H29ClN2O2. The number of carbonyl (C=O) groups excluding carboxylic acids is 1. The molecule has 23 heavy (non-hydrogen) atoms. The quantitative estimate of drug-likeness (QED) is 0.829. The minimum atomic E-state index is 0. The van der Waals surface area contributed by atoms with E-state index in [1.54, 1.807) is 0 Å². The first-order valence-corrected chi connectivity index (χ1v) is 8.32. The van der Waals surface area contributed by atoms with Crippen molar-refractivity contribution >= 4 is 18.3 Å². The van der Waals surface area contributed by atoms with Crippen molar-refractivity contribution in [2.24, 2.45) is 0 Å². The SMILES string of the molecule is CCCN(C(=O)CCOc1ccc(C)cc1C)C1CCNC1.Cl. The zero-order chi connectivity index (χ0) is 15.9. The topological polar surface area (TPSA) is 41.6 Å². The van der Waals surface area contributed by atoms with Crippen molar-refractivity contribution in [3.8, 4) is 5.75 Å². The molecule has 1 fully saturated rings. The molecule has 0 spiro atoms. The zero-order valence-electron chi connectivity index (χ0n) is 14.4. The summed E-state index contributed by atoms with van der Waals surface area (Å²) in [6, 6.07) is 6.48. The van der Waals surface area contributed by atoms with Crippen molar-refractivity contribution < 1.29 is 9.53 Å². The number of hydrogen-bond acceptors (Lipinski definition) is 3. The van der Waals surface area contributed by atoms with Gasteiger partial charge in [-0.15, -0.1) is 12.4 Å². The number of aryl methyl sites for hydroxylation is 2. The highest BCUT2D eigenvalue weighted by molar-refractivity contribution is 5.85. The molecule has 1 amide bonds. The summed E-state index contributed by atoms with van der Waals surface area (Å²) < 4.78 is 5.79. The Kier molecular flexibility index (Phi) is 8.42. The fourth-order valence-corrected chi connectivity index (χ4v) is 3.01. The summed E-state index contributed by atoms with van der Waals surface area (Å²) in [5.74, 6) is 1.09. The van der Waals surface area contributed by atoms with E-state index < -0.39 is 0 Å². The molecule has 0 bridgehead atoms. The number of hydrogen-bond donors (Lipinski definition) is 1. The third-order valence-electron chi connectivity index (χ3n) is 4.16. The Morgan fingerprint density at radius 2 is 2.17 bits per heavy atom. The van der Waals surface area contributed by atoms with Crippen LogP contribution in [-0.2, 0) is 4.79 Å². The number of rotatable bonds is 7. The average Bonchev–Trinajstić information content (AvgIpc) is 3.00. The average molecular weight is 341 g/mol. The third kappa shape index (κ3) is 5.70. The van der Waals surface area contributed by atoms with Crippen LogP contribution in [0.5, 0.6) is 5.75 Å². The molecule has 1 aromatic rings. The first-order valence-electron chi connectivity index (χ1n) is 8.32. The molecule has 1 atom stereocenters. The Balaban J connectivity index is 0.00000264. The van der Waals surface area contributed by atoms with E-state index in [2.05, 4.69) is 25.2 Å². The van der Waals surface area contributed by atoms with Crippen LogP contribution in [0.2, 0.25) is 0 Å². The number of halogens is 1. The van der Waals surface area contributed by atoms with Gasteiger partial charge in [0.2, 0.25) is 5.91 Å². The van der Waals surface area contributed by atoms with Gasteiger partial charge in [0.25, 0.3) is 0 Å². The molecule has 5 heteroatoms. The van der Waals surface area contributed by atoms with Gasteiger partial charge in [-0.1, -0.05) is 24.6 Å². The normalized spacial score (nSPS) is 16.7. The van der Waals surface area contributed by atoms with E-state index >= 15 is 0 Å². The summed E-state index contributed by atoms with van der Waals surface area (Å²) in [7, 11) is 0. The van der Waals surface area contributed by atoms with Gasteiger partial charge < -0.3 is 15.0 Å². The van der Waals surface area contributed by atoms with Gasteiger partial charge >= 0.3 is 0 Å². The Labute approximate surface area is 146 Å². The summed E-state index contributed by atoms with van der Waals surface area (Å²) in [5.41, 5.74) is 2.35. The van der Waals surface area contributed by atoms with E-state index in [0.717, 1.165) is 43.8 Å². The highest BCUT2D eigenvalue weighted by Gasteiger charge is 2.25. The molecule has 130 valence electrons. The van der Waals surface area contributed by atoms with Crippen LogP contribution in [0.15, 0.2) is 18.2 Å². The smallest absolute Gasteiger partial charge is 0.226 e. The van der Waals surface area contributed by atoms with E-state index in [4.69, 9.17) is 4.74 Å². The fraction of sp³-hybridized carbons (Fsp3) is 0.611. The minimum absolute atomic E-state index is 0. The minimum Gasteiger partial charge on any atom is -0.493 e. The molecular weight excluding hydrogens is 312 g/mol. The molecule has 0 saturated carbocycles. The Bertz CT molecular complexity index is 502. The summed E-state index contributed by atoms with van der Waals surface area (Å²) in [6.45, 7) is 9.45. The van der Waals surface area contributed by atoms with E-state index in [1.165, 1.54) is 5.56 Å². The number of ether oxygens (including phenoxy) is 1. The van der Waals surface area contributed by atoms with E-state index in [9.17, 15) is 4.79 Å². The van der Waals surface area contributed by atoms with Crippen molar-refractivity contribution in [2.45, 2.75) is 46.1 Å². The van der Waals surface area contributed by atoms with E-state index in [-0.39, 0.29) is 18.3 Å². The van der Waals surface area contributed by atoms with Crippen molar-refractivity contribution in [3.63, 3.8) is 0 Å². The molecule has 1 aliphatic heterocycles. The number of nitrogens with one attached hydrogen (secondary N) is 1. The van der Waals surface area contributed by atoms with Crippen LogP contribution >= 0.6 is 12.4 Å².